The van der Waals surface area contributed by atoms with Crippen LogP contribution in [0.15, 0.2) is 42.5 Å². The number of aromatic hydroxyl groups is 1. The van der Waals surface area contributed by atoms with Gasteiger partial charge in [-0.3, -0.25) is 4.79 Å². The number of nitrogens with one attached hydrogen (secondary N) is 1. The van der Waals surface area contributed by atoms with E-state index in [1.807, 2.05) is 26.0 Å². The van der Waals surface area contributed by atoms with Gasteiger partial charge in [0.1, 0.15) is 23.4 Å². The molecule has 0 spiro atoms. The minimum absolute atomic E-state index is 0.102. The van der Waals surface area contributed by atoms with Crippen molar-refractivity contribution in [1.82, 2.24) is 0 Å². The molecule has 3 rings (SSSR count). The monoisotopic (exact) mass is 339 g/mol. The van der Waals surface area contributed by atoms with Crippen LogP contribution in [0.4, 0.5) is 5.69 Å². The van der Waals surface area contributed by atoms with Gasteiger partial charge in [0.2, 0.25) is 5.91 Å². The smallest absolute Gasteiger partial charge is 0.248 e. The van der Waals surface area contributed by atoms with Crippen LogP contribution in [0.3, 0.4) is 0 Å². The fourth-order valence-corrected chi connectivity index (χ4v) is 2.80. The van der Waals surface area contributed by atoms with Crippen molar-refractivity contribution in [2.45, 2.75) is 26.4 Å². The molecule has 0 bridgehead atoms. The van der Waals surface area contributed by atoms with Crippen LogP contribution < -0.4 is 14.8 Å². The van der Waals surface area contributed by atoms with Crippen molar-refractivity contribution in [3.05, 3.63) is 53.6 Å². The highest BCUT2D eigenvalue weighted by Crippen LogP contribution is 2.35. The van der Waals surface area contributed by atoms with E-state index in [2.05, 4.69) is 5.32 Å². The summed E-state index contributed by atoms with van der Waals surface area (Å²) in [6.07, 6.45) is 4.15. The van der Waals surface area contributed by atoms with Crippen LogP contribution in [0.2, 0.25) is 0 Å². The van der Waals surface area contributed by atoms with Crippen LogP contribution in [0, 0.1) is 0 Å². The summed E-state index contributed by atoms with van der Waals surface area (Å²) in [4.78, 5) is 12.1. The molecule has 130 valence electrons. The Balaban J connectivity index is 1.78. The molecule has 25 heavy (non-hydrogen) atoms. The molecule has 2 aromatic carbocycles. The molecular formula is C20H21NO4. The molecule has 1 amide bonds. The van der Waals surface area contributed by atoms with Crippen LogP contribution in [0.1, 0.15) is 25.0 Å². The van der Waals surface area contributed by atoms with Gasteiger partial charge in [-0.25, -0.2) is 0 Å². The number of amides is 1. The van der Waals surface area contributed by atoms with Crippen molar-refractivity contribution in [3.63, 3.8) is 0 Å². The lowest BCUT2D eigenvalue weighted by atomic mass is 10.1. The van der Waals surface area contributed by atoms with Gasteiger partial charge in [0.15, 0.2) is 0 Å². The lowest BCUT2D eigenvalue weighted by Gasteiger charge is -2.10. The number of hydrogen-bond acceptors (Lipinski definition) is 4. The number of phenols is 1. The van der Waals surface area contributed by atoms with Crippen molar-refractivity contribution >= 4 is 17.7 Å². The standard InChI is InChI=1S/C20H21NO4/c1-3-24-18-11-15-9-13(2)25-19(15)10-14(18)7-8-20(23)21-16-5-4-6-17(22)12-16/h4-8,10-13,22H,3,9H2,1-2H3,(H,21,23)/b8-7+. The number of ether oxygens (including phenoxy) is 2. The van der Waals surface area contributed by atoms with Crippen molar-refractivity contribution in [1.29, 1.82) is 0 Å². The molecule has 0 aliphatic carbocycles. The van der Waals surface area contributed by atoms with Gasteiger partial charge in [0, 0.05) is 35.4 Å². The molecule has 1 atom stereocenters. The third kappa shape index (κ3) is 4.12. The van der Waals surface area contributed by atoms with Crippen molar-refractivity contribution in [2.24, 2.45) is 0 Å². The first-order valence-corrected chi connectivity index (χ1v) is 8.29. The number of carbonyl (C=O) groups is 1. The van der Waals surface area contributed by atoms with E-state index in [4.69, 9.17) is 9.47 Å². The second-order valence-corrected chi connectivity index (χ2v) is 5.94. The third-order valence-corrected chi connectivity index (χ3v) is 3.86. The molecule has 2 aromatic rings. The van der Waals surface area contributed by atoms with Crippen molar-refractivity contribution < 1.29 is 19.4 Å². The lowest BCUT2D eigenvalue weighted by molar-refractivity contribution is -0.111. The van der Waals surface area contributed by atoms with E-state index in [0.29, 0.717) is 12.3 Å². The Hall–Kier alpha value is -2.95. The molecule has 1 aliphatic heterocycles. The maximum atomic E-state index is 12.1. The summed E-state index contributed by atoms with van der Waals surface area (Å²) >= 11 is 0. The summed E-state index contributed by atoms with van der Waals surface area (Å²) in [5, 5.41) is 12.1. The van der Waals surface area contributed by atoms with E-state index in [9.17, 15) is 9.90 Å². The lowest BCUT2D eigenvalue weighted by Crippen LogP contribution is -2.07. The van der Waals surface area contributed by atoms with Gasteiger partial charge < -0.3 is 19.9 Å². The number of rotatable bonds is 5. The Kier molecular flexibility index (Phi) is 4.93. The van der Waals surface area contributed by atoms with Gasteiger partial charge in [-0.05, 0) is 44.2 Å². The second-order valence-electron chi connectivity index (χ2n) is 5.94. The Labute approximate surface area is 146 Å². The van der Waals surface area contributed by atoms with Crippen molar-refractivity contribution in [3.8, 4) is 17.2 Å². The predicted molar refractivity (Wildman–Crippen MR) is 97.2 cm³/mol. The molecule has 0 saturated carbocycles. The summed E-state index contributed by atoms with van der Waals surface area (Å²) in [5.41, 5.74) is 2.45. The average Bonchev–Trinajstić information content (AvgIpc) is 2.92. The molecule has 1 unspecified atom stereocenters. The van der Waals surface area contributed by atoms with E-state index in [1.165, 1.54) is 12.1 Å². The molecular weight excluding hydrogens is 318 g/mol. The number of carbonyl (C=O) groups excluding carboxylic acids is 1. The fraction of sp³-hybridized carbons (Fsp3) is 0.250. The van der Waals surface area contributed by atoms with Crippen LogP contribution in [0.5, 0.6) is 17.2 Å². The number of benzene rings is 2. The number of anilines is 1. The zero-order valence-electron chi connectivity index (χ0n) is 14.3. The van der Waals surface area contributed by atoms with E-state index in [0.717, 1.165) is 29.0 Å². The molecule has 0 fully saturated rings. The van der Waals surface area contributed by atoms with Crippen LogP contribution in [-0.4, -0.2) is 23.7 Å². The average molecular weight is 339 g/mol. The zero-order chi connectivity index (χ0) is 17.8. The summed E-state index contributed by atoms with van der Waals surface area (Å²) in [6, 6.07) is 10.3. The predicted octanol–water partition coefficient (Wildman–Crippen LogP) is 3.77. The summed E-state index contributed by atoms with van der Waals surface area (Å²) < 4.78 is 11.5. The van der Waals surface area contributed by atoms with E-state index < -0.39 is 0 Å². The highest BCUT2D eigenvalue weighted by Gasteiger charge is 2.21. The molecule has 5 nitrogen and oxygen atoms in total. The topological polar surface area (TPSA) is 67.8 Å². The van der Waals surface area contributed by atoms with Crippen LogP contribution >= 0.6 is 0 Å². The molecule has 5 heteroatoms. The fourth-order valence-electron chi connectivity index (χ4n) is 2.80. The third-order valence-electron chi connectivity index (χ3n) is 3.86. The summed E-state index contributed by atoms with van der Waals surface area (Å²) in [5.74, 6) is 1.39. The Bertz CT molecular complexity index is 813. The number of hydrogen-bond donors (Lipinski definition) is 2. The maximum Gasteiger partial charge on any atom is 0.248 e. The van der Waals surface area contributed by atoms with Gasteiger partial charge in [0.25, 0.3) is 0 Å². The highest BCUT2D eigenvalue weighted by atomic mass is 16.5. The Morgan fingerprint density at radius 3 is 3.00 bits per heavy atom. The Morgan fingerprint density at radius 1 is 1.40 bits per heavy atom. The molecule has 1 aliphatic rings. The molecule has 0 aromatic heterocycles. The second kappa shape index (κ2) is 7.30. The van der Waals surface area contributed by atoms with Gasteiger partial charge in [-0.15, -0.1) is 0 Å². The van der Waals surface area contributed by atoms with E-state index in [1.54, 1.807) is 24.3 Å². The highest BCUT2D eigenvalue weighted by molar-refractivity contribution is 6.02. The Morgan fingerprint density at radius 2 is 2.24 bits per heavy atom. The first-order chi connectivity index (χ1) is 12.0. The first-order valence-electron chi connectivity index (χ1n) is 8.29. The van der Waals surface area contributed by atoms with Gasteiger partial charge in [-0.1, -0.05) is 6.07 Å². The summed E-state index contributed by atoms with van der Waals surface area (Å²) in [6.45, 7) is 4.50. The maximum absolute atomic E-state index is 12.1. The van der Waals surface area contributed by atoms with Gasteiger partial charge in [-0.2, -0.15) is 0 Å². The number of fused-ring (bicyclic) bond motifs is 1. The van der Waals surface area contributed by atoms with E-state index >= 15 is 0 Å². The van der Waals surface area contributed by atoms with Gasteiger partial charge >= 0.3 is 0 Å². The van der Waals surface area contributed by atoms with Gasteiger partial charge in [0.05, 0.1) is 6.61 Å². The first kappa shape index (κ1) is 16.9. The SMILES string of the molecule is CCOc1cc2c(cc1/C=C/C(=O)Nc1cccc(O)c1)OC(C)C2. The largest absolute Gasteiger partial charge is 0.508 e. The minimum Gasteiger partial charge on any atom is -0.508 e. The minimum atomic E-state index is -0.289. The number of phenolic OH excluding ortho intramolecular Hbond substituents is 1. The zero-order valence-corrected chi connectivity index (χ0v) is 14.3. The molecule has 1 heterocycles. The van der Waals surface area contributed by atoms with Crippen LogP contribution in [0.25, 0.3) is 6.08 Å². The molecule has 0 radical (unpaired) electrons. The van der Waals surface area contributed by atoms with Crippen molar-refractivity contribution in [2.75, 3.05) is 11.9 Å². The quantitative estimate of drug-likeness (QED) is 0.814. The normalized spacial score (nSPS) is 15.7. The molecule has 0 saturated heterocycles. The van der Waals surface area contributed by atoms with Crippen LogP contribution in [-0.2, 0) is 11.2 Å². The van der Waals surface area contributed by atoms with E-state index in [-0.39, 0.29) is 17.8 Å². The molecule has 2 N–H and O–H groups in total. The summed E-state index contributed by atoms with van der Waals surface area (Å²) in [7, 11) is 0.